The number of rotatable bonds is 0. The number of hydrogen-bond acceptors (Lipinski definition) is 0. The molecular formula is C8H15F. The van der Waals surface area contributed by atoms with Gasteiger partial charge in [0.2, 0.25) is 0 Å². The zero-order chi connectivity index (χ0) is 6.85. The van der Waals surface area contributed by atoms with Crippen molar-refractivity contribution in [3.05, 3.63) is 0 Å². The largest absolute Gasteiger partial charge is 0.247 e. The molecule has 0 bridgehead atoms. The van der Waals surface area contributed by atoms with Gasteiger partial charge in [0.25, 0.3) is 0 Å². The maximum absolute atomic E-state index is 12.8. The molecule has 54 valence electrons. The SMILES string of the molecule is CC1CC[C@H](C)C(F)C1. The molecule has 0 heterocycles. The van der Waals surface area contributed by atoms with Crippen LogP contribution in [-0.4, -0.2) is 6.17 Å². The highest BCUT2D eigenvalue weighted by molar-refractivity contribution is 4.74. The Labute approximate surface area is 56.5 Å². The molecule has 0 aromatic rings. The Morgan fingerprint density at radius 2 is 1.89 bits per heavy atom. The van der Waals surface area contributed by atoms with Gasteiger partial charge in [-0.15, -0.1) is 0 Å². The second-order valence-electron chi connectivity index (χ2n) is 3.41. The lowest BCUT2D eigenvalue weighted by atomic mass is 9.83. The topological polar surface area (TPSA) is 0 Å². The van der Waals surface area contributed by atoms with E-state index in [-0.39, 0.29) is 0 Å². The zero-order valence-corrected chi connectivity index (χ0v) is 6.23. The standard InChI is InChI=1S/C8H15F/c1-6-3-4-7(2)8(9)5-6/h6-8H,3-5H2,1-2H3/t6?,7-,8?/m0/s1. The second-order valence-corrected chi connectivity index (χ2v) is 3.41. The molecule has 0 nitrogen and oxygen atoms in total. The summed E-state index contributed by atoms with van der Waals surface area (Å²) in [6.45, 7) is 4.15. The molecule has 0 saturated heterocycles. The van der Waals surface area contributed by atoms with Crippen LogP contribution >= 0.6 is 0 Å². The van der Waals surface area contributed by atoms with Gasteiger partial charge < -0.3 is 0 Å². The maximum atomic E-state index is 12.8. The summed E-state index contributed by atoms with van der Waals surface area (Å²) in [4.78, 5) is 0. The molecule has 1 aliphatic rings. The third-order valence-corrected chi connectivity index (χ3v) is 2.36. The van der Waals surface area contributed by atoms with Crippen LogP contribution in [0.15, 0.2) is 0 Å². The van der Waals surface area contributed by atoms with Crippen molar-refractivity contribution < 1.29 is 4.39 Å². The van der Waals surface area contributed by atoms with Gasteiger partial charge in [-0.3, -0.25) is 0 Å². The van der Waals surface area contributed by atoms with E-state index < -0.39 is 6.17 Å². The Bertz CT molecular complexity index is 90.6. The molecule has 1 fully saturated rings. The van der Waals surface area contributed by atoms with Gasteiger partial charge in [-0.1, -0.05) is 20.3 Å². The Kier molecular flexibility index (Phi) is 2.09. The maximum Gasteiger partial charge on any atom is 0.103 e. The van der Waals surface area contributed by atoms with Crippen LogP contribution in [0.3, 0.4) is 0 Å². The molecule has 0 spiro atoms. The minimum atomic E-state index is -0.520. The first-order valence-corrected chi connectivity index (χ1v) is 3.84. The van der Waals surface area contributed by atoms with Gasteiger partial charge >= 0.3 is 0 Å². The summed E-state index contributed by atoms with van der Waals surface area (Å²) in [5, 5.41) is 0. The van der Waals surface area contributed by atoms with E-state index in [4.69, 9.17) is 0 Å². The van der Waals surface area contributed by atoms with Crippen molar-refractivity contribution >= 4 is 0 Å². The third-order valence-electron chi connectivity index (χ3n) is 2.36. The summed E-state index contributed by atoms with van der Waals surface area (Å²) in [5.74, 6) is 0.942. The molecule has 3 atom stereocenters. The van der Waals surface area contributed by atoms with Crippen molar-refractivity contribution in [1.82, 2.24) is 0 Å². The number of hydrogen-bond donors (Lipinski definition) is 0. The van der Waals surface area contributed by atoms with E-state index in [1.165, 1.54) is 6.42 Å². The highest BCUT2D eigenvalue weighted by atomic mass is 19.1. The summed E-state index contributed by atoms with van der Waals surface area (Å²) >= 11 is 0. The first-order chi connectivity index (χ1) is 4.20. The van der Waals surface area contributed by atoms with Gasteiger partial charge in [-0.25, -0.2) is 4.39 Å². The average Bonchev–Trinajstić information content (AvgIpc) is 1.80. The molecule has 0 aliphatic heterocycles. The van der Waals surface area contributed by atoms with Gasteiger partial charge in [0.05, 0.1) is 0 Å². The van der Waals surface area contributed by atoms with E-state index in [0.29, 0.717) is 11.8 Å². The summed E-state index contributed by atoms with van der Waals surface area (Å²) < 4.78 is 12.8. The van der Waals surface area contributed by atoms with Crippen LogP contribution in [0.5, 0.6) is 0 Å². The van der Waals surface area contributed by atoms with E-state index in [1.54, 1.807) is 0 Å². The van der Waals surface area contributed by atoms with Gasteiger partial charge in [0.1, 0.15) is 6.17 Å². The minimum Gasteiger partial charge on any atom is -0.247 e. The van der Waals surface area contributed by atoms with Crippen molar-refractivity contribution in [1.29, 1.82) is 0 Å². The fourth-order valence-electron chi connectivity index (χ4n) is 1.46. The average molecular weight is 130 g/mol. The molecular weight excluding hydrogens is 115 g/mol. The molecule has 9 heavy (non-hydrogen) atoms. The molecule has 1 rings (SSSR count). The first-order valence-electron chi connectivity index (χ1n) is 3.84. The van der Waals surface area contributed by atoms with Crippen LogP contribution < -0.4 is 0 Å². The van der Waals surface area contributed by atoms with Crippen molar-refractivity contribution in [3.8, 4) is 0 Å². The Balaban J connectivity index is 2.35. The molecule has 0 aromatic heterocycles. The lowest BCUT2D eigenvalue weighted by Crippen LogP contribution is -2.22. The summed E-state index contributed by atoms with van der Waals surface area (Å²) in [6.07, 6.45) is 2.58. The lowest BCUT2D eigenvalue weighted by Gasteiger charge is -2.26. The third kappa shape index (κ3) is 1.67. The molecule has 0 N–H and O–H groups in total. The monoisotopic (exact) mass is 130 g/mol. The number of halogens is 1. The molecule has 0 radical (unpaired) electrons. The Morgan fingerprint density at radius 3 is 2.33 bits per heavy atom. The molecule has 0 aromatic carbocycles. The van der Waals surface area contributed by atoms with Crippen LogP contribution in [0.1, 0.15) is 33.1 Å². The van der Waals surface area contributed by atoms with E-state index in [2.05, 4.69) is 6.92 Å². The fraction of sp³-hybridized carbons (Fsp3) is 1.00. The smallest absolute Gasteiger partial charge is 0.103 e. The predicted octanol–water partition coefficient (Wildman–Crippen LogP) is 2.78. The Hall–Kier alpha value is -0.0700. The van der Waals surface area contributed by atoms with Crippen molar-refractivity contribution in [2.75, 3.05) is 0 Å². The van der Waals surface area contributed by atoms with Crippen molar-refractivity contribution in [2.45, 2.75) is 39.3 Å². The van der Waals surface area contributed by atoms with Crippen LogP contribution in [0, 0.1) is 11.8 Å². The fourth-order valence-corrected chi connectivity index (χ4v) is 1.46. The van der Waals surface area contributed by atoms with Gasteiger partial charge in [0, 0.05) is 0 Å². The normalized spacial score (nSPS) is 45.0. The quantitative estimate of drug-likeness (QED) is 0.473. The predicted molar refractivity (Wildman–Crippen MR) is 37.1 cm³/mol. The lowest BCUT2D eigenvalue weighted by molar-refractivity contribution is 0.145. The van der Waals surface area contributed by atoms with E-state index in [9.17, 15) is 4.39 Å². The minimum absolute atomic E-state index is 0.321. The Morgan fingerprint density at radius 1 is 1.22 bits per heavy atom. The van der Waals surface area contributed by atoms with Gasteiger partial charge in [-0.05, 0) is 24.7 Å². The molecule has 1 aliphatic carbocycles. The van der Waals surface area contributed by atoms with E-state index in [1.807, 2.05) is 6.92 Å². The molecule has 1 heteroatoms. The molecule has 1 saturated carbocycles. The highest BCUT2D eigenvalue weighted by Gasteiger charge is 2.24. The molecule has 2 unspecified atom stereocenters. The first kappa shape index (κ1) is 7.04. The zero-order valence-electron chi connectivity index (χ0n) is 6.23. The van der Waals surface area contributed by atoms with Gasteiger partial charge in [-0.2, -0.15) is 0 Å². The molecule has 0 amide bonds. The van der Waals surface area contributed by atoms with Crippen molar-refractivity contribution in [2.24, 2.45) is 11.8 Å². The van der Waals surface area contributed by atoms with Crippen LogP contribution in [-0.2, 0) is 0 Å². The van der Waals surface area contributed by atoms with Gasteiger partial charge in [0.15, 0.2) is 0 Å². The van der Waals surface area contributed by atoms with Crippen molar-refractivity contribution in [3.63, 3.8) is 0 Å². The summed E-state index contributed by atoms with van der Waals surface area (Å²) in [7, 11) is 0. The second kappa shape index (κ2) is 2.68. The highest BCUT2D eigenvalue weighted by Crippen LogP contribution is 2.30. The van der Waals surface area contributed by atoms with Crippen LogP contribution in [0.2, 0.25) is 0 Å². The summed E-state index contributed by atoms with van der Waals surface area (Å²) in [5.41, 5.74) is 0. The van der Waals surface area contributed by atoms with E-state index >= 15 is 0 Å². The summed E-state index contributed by atoms with van der Waals surface area (Å²) in [6, 6.07) is 0. The van der Waals surface area contributed by atoms with Crippen LogP contribution in [0.4, 0.5) is 4.39 Å². The number of alkyl halides is 1. The van der Waals surface area contributed by atoms with E-state index in [0.717, 1.165) is 12.8 Å². The van der Waals surface area contributed by atoms with Crippen LogP contribution in [0.25, 0.3) is 0 Å².